The molecule has 0 spiro atoms. The number of hydrogen-bond acceptors (Lipinski definition) is 2. The zero-order valence-electron chi connectivity index (χ0n) is 8.56. The summed E-state index contributed by atoms with van der Waals surface area (Å²) in [6, 6.07) is 7.61. The van der Waals surface area contributed by atoms with Crippen LogP contribution in [0.1, 0.15) is 12.0 Å². The summed E-state index contributed by atoms with van der Waals surface area (Å²) in [5.41, 5.74) is 1.88. The van der Waals surface area contributed by atoms with E-state index in [9.17, 15) is 4.79 Å². The number of aldehydes is 1. The summed E-state index contributed by atoms with van der Waals surface area (Å²) >= 11 is 6.03. The molecule has 2 nitrogen and oxygen atoms in total. The topological polar surface area (TPSA) is 30.0 Å². The van der Waals surface area contributed by atoms with E-state index in [1.807, 2.05) is 30.4 Å². The van der Waals surface area contributed by atoms with Crippen molar-refractivity contribution >= 4 is 34.9 Å². The van der Waals surface area contributed by atoms with Gasteiger partial charge in [0.05, 0.1) is 10.5 Å². The van der Waals surface area contributed by atoms with E-state index in [0.29, 0.717) is 11.4 Å². The Bertz CT molecular complexity index is 549. The highest BCUT2D eigenvalue weighted by atomic mass is 35.5. The molecule has 0 aliphatic rings. The average molecular weight is 232 g/mol. The Labute approximate surface area is 98.6 Å². The van der Waals surface area contributed by atoms with Gasteiger partial charge in [0, 0.05) is 18.0 Å². The van der Waals surface area contributed by atoms with Crippen LogP contribution in [-0.4, -0.2) is 11.3 Å². The highest BCUT2D eigenvalue weighted by molar-refractivity contribution is 6.35. The fourth-order valence-corrected chi connectivity index (χ4v) is 1.71. The van der Waals surface area contributed by atoms with Gasteiger partial charge in [-0.05, 0) is 17.7 Å². The molecular formula is C13H10ClNO. The molecule has 1 heterocycles. The van der Waals surface area contributed by atoms with Crippen LogP contribution in [0.25, 0.3) is 17.0 Å². The standard InChI is InChI=1S/C13H10ClNO/c14-12-6-7-15-13-9-10(3-1-2-8-16)4-5-11(12)13/h1,3-9H,2H2. The van der Waals surface area contributed by atoms with Crippen LogP contribution in [0.15, 0.2) is 36.5 Å². The summed E-state index contributed by atoms with van der Waals surface area (Å²) in [6.07, 6.45) is 6.70. The van der Waals surface area contributed by atoms with Crippen molar-refractivity contribution in [2.24, 2.45) is 0 Å². The molecule has 0 bridgehead atoms. The first kappa shape index (κ1) is 10.8. The van der Waals surface area contributed by atoms with Gasteiger partial charge in [-0.3, -0.25) is 4.98 Å². The Morgan fingerprint density at radius 3 is 3.00 bits per heavy atom. The number of benzene rings is 1. The van der Waals surface area contributed by atoms with Crippen molar-refractivity contribution < 1.29 is 4.79 Å². The number of nitrogens with zero attached hydrogens (tertiary/aromatic N) is 1. The van der Waals surface area contributed by atoms with Gasteiger partial charge in [0.2, 0.25) is 0 Å². The predicted octanol–water partition coefficient (Wildman–Crippen LogP) is 3.49. The second-order valence-corrected chi connectivity index (χ2v) is 3.78. The number of carbonyl (C=O) groups excluding carboxylic acids is 1. The highest BCUT2D eigenvalue weighted by Crippen LogP contribution is 2.22. The normalized spacial score (nSPS) is 11.1. The fourth-order valence-electron chi connectivity index (χ4n) is 1.49. The van der Waals surface area contributed by atoms with E-state index in [0.717, 1.165) is 22.8 Å². The third kappa shape index (κ3) is 2.28. The molecule has 0 atom stereocenters. The Morgan fingerprint density at radius 2 is 2.19 bits per heavy atom. The minimum Gasteiger partial charge on any atom is -0.303 e. The second-order valence-electron chi connectivity index (χ2n) is 3.37. The molecule has 1 aromatic carbocycles. The van der Waals surface area contributed by atoms with Gasteiger partial charge in [-0.2, -0.15) is 0 Å². The molecular weight excluding hydrogens is 222 g/mol. The Kier molecular flexibility index (Phi) is 3.32. The molecule has 0 saturated heterocycles. The summed E-state index contributed by atoms with van der Waals surface area (Å²) in [7, 11) is 0. The summed E-state index contributed by atoms with van der Waals surface area (Å²) in [6.45, 7) is 0. The van der Waals surface area contributed by atoms with Crippen molar-refractivity contribution in [3.63, 3.8) is 0 Å². The van der Waals surface area contributed by atoms with Gasteiger partial charge in [0.15, 0.2) is 0 Å². The second kappa shape index (κ2) is 4.90. The number of fused-ring (bicyclic) bond motifs is 1. The molecule has 0 unspecified atom stereocenters. The van der Waals surface area contributed by atoms with Gasteiger partial charge in [0.1, 0.15) is 6.29 Å². The van der Waals surface area contributed by atoms with E-state index in [1.165, 1.54) is 0 Å². The van der Waals surface area contributed by atoms with Gasteiger partial charge in [-0.25, -0.2) is 0 Å². The van der Waals surface area contributed by atoms with E-state index >= 15 is 0 Å². The summed E-state index contributed by atoms with van der Waals surface area (Å²) in [4.78, 5) is 14.4. The maximum atomic E-state index is 10.2. The van der Waals surface area contributed by atoms with Gasteiger partial charge in [-0.1, -0.05) is 35.9 Å². The van der Waals surface area contributed by atoms with E-state index < -0.39 is 0 Å². The van der Waals surface area contributed by atoms with E-state index in [4.69, 9.17) is 11.6 Å². The molecule has 0 N–H and O–H groups in total. The minimum atomic E-state index is 0.432. The average Bonchev–Trinajstić information content (AvgIpc) is 2.30. The lowest BCUT2D eigenvalue weighted by Gasteiger charge is -2.00. The zero-order chi connectivity index (χ0) is 11.4. The van der Waals surface area contributed by atoms with Gasteiger partial charge in [0.25, 0.3) is 0 Å². The predicted molar refractivity (Wildman–Crippen MR) is 66.5 cm³/mol. The molecule has 0 saturated carbocycles. The van der Waals surface area contributed by atoms with Gasteiger partial charge in [-0.15, -0.1) is 0 Å². The van der Waals surface area contributed by atoms with Crippen LogP contribution in [0.3, 0.4) is 0 Å². The number of aromatic nitrogens is 1. The molecule has 0 aliphatic carbocycles. The van der Waals surface area contributed by atoms with Crippen LogP contribution >= 0.6 is 11.6 Å². The maximum Gasteiger partial charge on any atom is 0.123 e. The molecule has 0 radical (unpaired) electrons. The zero-order valence-corrected chi connectivity index (χ0v) is 9.32. The van der Waals surface area contributed by atoms with Crippen LogP contribution < -0.4 is 0 Å². The summed E-state index contributed by atoms with van der Waals surface area (Å²) in [5, 5.41) is 1.64. The summed E-state index contributed by atoms with van der Waals surface area (Å²) in [5.74, 6) is 0. The number of pyridine rings is 1. The molecule has 3 heteroatoms. The quantitative estimate of drug-likeness (QED) is 0.757. The monoisotopic (exact) mass is 231 g/mol. The van der Waals surface area contributed by atoms with Crippen LogP contribution in [0.5, 0.6) is 0 Å². The van der Waals surface area contributed by atoms with Gasteiger partial charge < -0.3 is 4.79 Å². The van der Waals surface area contributed by atoms with Crippen LogP contribution in [0, 0.1) is 0 Å². The Balaban J connectivity index is 2.41. The molecule has 2 aromatic rings. The Hall–Kier alpha value is -1.67. The molecule has 0 fully saturated rings. The number of hydrogen-bond donors (Lipinski definition) is 0. The number of rotatable bonds is 3. The summed E-state index contributed by atoms with van der Waals surface area (Å²) < 4.78 is 0. The van der Waals surface area contributed by atoms with Crippen molar-refractivity contribution in [1.82, 2.24) is 4.98 Å². The lowest BCUT2D eigenvalue weighted by Crippen LogP contribution is -1.81. The lowest BCUT2D eigenvalue weighted by molar-refractivity contribution is -0.107. The van der Waals surface area contributed by atoms with E-state index in [1.54, 1.807) is 12.3 Å². The van der Waals surface area contributed by atoms with Crippen molar-refractivity contribution in [3.8, 4) is 0 Å². The first-order valence-electron chi connectivity index (χ1n) is 4.96. The first-order valence-corrected chi connectivity index (χ1v) is 5.33. The fraction of sp³-hybridized carbons (Fsp3) is 0.0769. The molecule has 80 valence electrons. The number of allylic oxidation sites excluding steroid dienone is 1. The largest absolute Gasteiger partial charge is 0.303 e. The SMILES string of the molecule is O=CCC=Cc1ccc2c(Cl)ccnc2c1. The van der Waals surface area contributed by atoms with Crippen LogP contribution in [0.2, 0.25) is 5.02 Å². The molecule has 2 rings (SSSR count). The maximum absolute atomic E-state index is 10.2. The van der Waals surface area contributed by atoms with Crippen LogP contribution in [0.4, 0.5) is 0 Å². The van der Waals surface area contributed by atoms with Crippen molar-refractivity contribution in [3.05, 3.63) is 47.1 Å². The molecule has 16 heavy (non-hydrogen) atoms. The van der Waals surface area contributed by atoms with Gasteiger partial charge >= 0.3 is 0 Å². The molecule has 0 amide bonds. The third-order valence-corrected chi connectivity index (χ3v) is 2.59. The number of halogens is 1. The molecule has 0 aliphatic heterocycles. The van der Waals surface area contributed by atoms with Crippen molar-refractivity contribution in [2.75, 3.05) is 0 Å². The first-order chi connectivity index (χ1) is 7.81. The highest BCUT2D eigenvalue weighted by Gasteiger charge is 1.99. The molecule has 1 aromatic heterocycles. The third-order valence-electron chi connectivity index (χ3n) is 2.26. The van der Waals surface area contributed by atoms with Crippen molar-refractivity contribution in [1.29, 1.82) is 0 Å². The lowest BCUT2D eigenvalue weighted by atomic mass is 10.1. The van der Waals surface area contributed by atoms with E-state index in [-0.39, 0.29) is 0 Å². The smallest absolute Gasteiger partial charge is 0.123 e. The Morgan fingerprint density at radius 1 is 1.31 bits per heavy atom. The number of carbonyl (C=O) groups is 1. The van der Waals surface area contributed by atoms with Crippen LogP contribution in [-0.2, 0) is 4.79 Å². The minimum absolute atomic E-state index is 0.432. The van der Waals surface area contributed by atoms with E-state index in [2.05, 4.69) is 4.98 Å². The van der Waals surface area contributed by atoms with Crippen molar-refractivity contribution in [2.45, 2.75) is 6.42 Å².